The minimum atomic E-state index is -3.48. The maximum atomic E-state index is 11.0. The summed E-state index contributed by atoms with van der Waals surface area (Å²) in [4.78, 5) is 0. The van der Waals surface area contributed by atoms with Crippen molar-refractivity contribution in [1.29, 1.82) is 0 Å². The molecule has 0 spiro atoms. The molecule has 0 amide bonds. The second-order valence-electron chi connectivity index (χ2n) is 4.00. The Hall–Kier alpha value is -0.880. The first-order valence-electron chi connectivity index (χ1n) is 5.42. The molecule has 0 bridgehead atoms. The van der Waals surface area contributed by atoms with Crippen molar-refractivity contribution in [1.82, 2.24) is 9.78 Å². The quantitative estimate of drug-likeness (QED) is 0.850. The molecule has 2 N–H and O–H groups in total. The molecule has 5 nitrogen and oxygen atoms in total. The largest absolute Gasteiger partial charge is 0.269 e. The van der Waals surface area contributed by atoms with Gasteiger partial charge >= 0.3 is 0 Å². The Kier molecular flexibility index (Phi) is 4.09. The third-order valence-electron chi connectivity index (χ3n) is 2.69. The Morgan fingerprint density at radius 1 is 1.44 bits per heavy atom. The van der Waals surface area contributed by atoms with E-state index in [1.54, 1.807) is 13.1 Å². The Balaban J connectivity index is 2.98. The molecule has 1 aromatic heterocycles. The summed E-state index contributed by atoms with van der Waals surface area (Å²) >= 11 is 0. The topological polar surface area (TPSA) is 78.0 Å². The Labute approximate surface area is 96.7 Å². The highest BCUT2D eigenvalue weighted by Gasteiger charge is 2.14. The van der Waals surface area contributed by atoms with Crippen molar-refractivity contribution in [2.45, 2.75) is 45.4 Å². The highest BCUT2D eigenvalue weighted by atomic mass is 32.2. The van der Waals surface area contributed by atoms with Crippen LogP contribution in [0.1, 0.15) is 44.0 Å². The van der Waals surface area contributed by atoms with Gasteiger partial charge < -0.3 is 0 Å². The van der Waals surface area contributed by atoms with Crippen molar-refractivity contribution < 1.29 is 8.42 Å². The molecular formula is C10H19N3O2S. The van der Waals surface area contributed by atoms with Crippen LogP contribution in [0.15, 0.2) is 6.20 Å². The normalized spacial score (nSPS) is 12.3. The smallest absolute Gasteiger partial charge is 0.213 e. The van der Waals surface area contributed by atoms with Crippen LogP contribution in [-0.4, -0.2) is 18.2 Å². The highest BCUT2D eigenvalue weighted by molar-refractivity contribution is 7.88. The van der Waals surface area contributed by atoms with E-state index in [2.05, 4.69) is 18.9 Å². The van der Waals surface area contributed by atoms with Gasteiger partial charge in [-0.1, -0.05) is 13.8 Å². The maximum absolute atomic E-state index is 11.0. The third kappa shape index (κ3) is 3.31. The first kappa shape index (κ1) is 13.2. The van der Waals surface area contributed by atoms with Gasteiger partial charge in [0.25, 0.3) is 0 Å². The summed E-state index contributed by atoms with van der Waals surface area (Å²) in [7, 11) is -3.48. The van der Waals surface area contributed by atoms with E-state index in [4.69, 9.17) is 5.14 Å². The molecule has 1 rings (SSSR count). The zero-order valence-electron chi connectivity index (χ0n) is 9.97. The summed E-state index contributed by atoms with van der Waals surface area (Å²) in [6.07, 6.45) is 3.75. The zero-order chi connectivity index (χ0) is 12.3. The van der Waals surface area contributed by atoms with Gasteiger partial charge in [0.15, 0.2) is 0 Å². The molecule has 1 heterocycles. The number of sulfonamides is 1. The number of primary sulfonamides is 1. The molecule has 0 aliphatic heterocycles. The van der Waals surface area contributed by atoms with Crippen molar-refractivity contribution in [2.24, 2.45) is 5.14 Å². The van der Waals surface area contributed by atoms with Gasteiger partial charge in [0.1, 0.15) is 0 Å². The van der Waals surface area contributed by atoms with E-state index in [9.17, 15) is 8.42 Å². The van der Waals surface area contributed by atoms with Gasteiger partial charge in [-0.2, -0.15) is 5.10 Å². The standard InChI is InChI=1S/C10H19N3O2S/c1-4-10(5-2)13-6-9(8(3)12-13)7-16(11,14)15/h6,10H,4-5,7H2,1-3H3,(H2,11,14,15). The summed E-state index contributed by atoms with van der Waals surface area (Å²) in [5.41, 5.74) is 1.43. The number of hydrogen-bond donors (Lipinski definition) is 1. The van der Waals surface area contributed by atoms with Gasteiger partial charge in [-0.05, 0) is 19.8 Å². The number of nitrogens with zero attached hydrogens (tertiary/aromatic N) is 2. The summed E-state index contributed by atoms with van der Waals surface area (Å²) in [5, 5.41) is 9.36. The van der Waals surface area contributed by atoms with Gasteiger partial charge in [0, 0.05) is 11.8 Å². The van der Waals surface area contributed by atoms with Crippen LogP contribution in [0.4, 0.5) is 0 Å². The molecule has 16 heavy (non-hydrogen) atoms. The minimum Gasteiger partial charge on any atom is -0.269 e. The van der Waals surface area contributed by atoms with Gasteiger partial charge in [-0.15, -0.1) is 0 Å². The van der Waals surface area contributed by atoms with Crippen LogP contribution < -0.4 is 5.14 Å². The predicted molar refractivity (Wildman–Crippen MR) is 63.4 cm³/mol. The molecule has 1 aromatic rings. The van der Waals surface area contributed by atoms with Crippen molar-refractivity contribution in [3.8, 4) is 0 Å². The number of hydrogen-bond acceptors (Lipinski definition) is 3. The van der Waals surface area contributed by atoms with Crippen LogP contribution in [0.5, 0.6) is 0 Å². The van der Waals surface area contributed by atoms with Crippen LogP contribution in [0.3, 0.4) is 0 Å². The molecular weight excluding hydrogens is 226 g/mol. The van der Waals surface area contributed by atoms with Crippen molar-refractivity contribution >= 4 is 10.0 Å². The molecule has 0 aromatic carbocycles. The Morgan fingerprint density at radius 2 is 2.00 bits per heavy atom. The van der Waals surface area contributed by atoms with Crippen LogP contribution in [-0.2, 0) is 15.8 Å². The van der Waals surface area contributed by atoms with E-state index >= 15 is 0 Å². The molecule has 0 atom stereocenters. The first-order chi connectivity index (χ1) is 7.37. The minimum absolute atomic E-state index is 0.140. The average Bonchev–Trinajstić information content (AvgIpc) is 2.47. The van der Waals surface area contributed by atoms with E-state index in [1.165, 1.54) is 0 Å². The van der Waals surface area contributed by atoms with Gasteiger partial charge in [0.05, 0.1) is 17.5 Å². The van der Waals surface area contributed by atoms with E-state index in [-0.39, 0.29) is 5.75 Å². The Bertz CT molecular complexity index is 447. The van der Waals surface area contributed by atoms with Gasteiger partial charge in [0.2, 0.25) is 10.0 Å². The lowest BCUT2D eigenvalue weighted by Crippen LogP contribution is -2.14. The lowest BCUT2D eigenvalue weighted by Gasteiger charge is -2.12. The molecule has 0 saturated heterocycles. The fourth-order valence-corrected chi connectivity index (χ4v) is 2.44. The van der Waals surface area contributed by atoms with Crippen LogP contribution in [0, 0.1) is 6.92 Å². The SMILES string of the molecule is CCC(CC)n1cc(CS(N)(=O)=O)c(C)n1. The first-order valence-corrected chi connectivity index (χ1v) is 7.14. The molecule has 0 radical (unpaired) electrons. The molecule has 6 heteroatoms. The van der Waals surface area contributed by atoms with Crippen LogP contribution >= 0.6 is 0 Å². The number of aromatic nitrogens is 2. The van der Waals surface area contributed by atoms with Crippen molar-refractivity contribution in [3.63, 3.8) is 0 Å². The fraction of sp³-hybridized carbons (Fsp3) is 0.700. The highest BCUT2D eigenvalue weighted by Crippen LogP contribution is 2.18. The van der Waals surface area contributed by atoms with E-state index in [1.807, 2.05) is 4.68 Å². The van der Waals surface area contributed by atoms with Crippen LogP contribution in [0.2, 0.25) is 0 Å². The van der Waals surface area contributed by atoms with Crippen LogP contribution in [0.25, 0.3) is 0 Å². The lowest BCUT2D eigenvalue weighted by atomic mass is 10.2. The zero-order valence-corrected chi connectivity index (χ0v) is 10.8. The van der Waals surface area contributed by atoms with Crippen molar-refractivity contribution in [3.05, 3.63) is 17.5 Å². The number of nitrogens with two attached hydrogens (primary N) is 1. The summed E-state index contributed by atoms with van der Waals surface area (Å²) in [6.45, 7) is 5.98. The summed E-state index contributed by atoms with van der Waals surface area (Å²) in [6, 6.07) is 0.327. The molecule has 92 valence electrons. The monoisotopic (exact) mass is 245 g/mol. The molecule has 0 unspecified atom stereocenters. The van der Waals surface area contributed by atoms with E-state index < -0.39 is 10.0 Å². The fourth-order valence-electron chi connectivity index (χ4n) is 1.73. The van der Waals surface area contributed by atoms with Crippen molar-refractivity contribution in [2.75, 3.05) is 0 Å². The number of rotatable bonds is 5. The molecule has 0 aliphatic rings. The average molecular weight is 245 g/mol. The summed E-state index contributed by atoms with van der Waals surface area (Å²) < 4.78 is 23.9. The second kappa shape index (κ2) is 4.97. The molecule has 0 aliphatic carbocycles. The molecule has 0 saturated carbocycles. The predicted octanol–water partition coefficient (Wildman–Crippen LogP) is 1.34. The van der Waals surface area contributed by atoms with E-state index in [0.29, 0.717) is 11.6 Å². The van der Waals surface area contributed by atoms with E-state index in [0.717, 1.165) is 18.5 Å². The molecule has 0 fully saturated rings. The Morgan fingerprint density at radius 3 is 2.44 bits per heavy atom. The summed E-state index contributed by atoms with van der Waals surface area (Å²) in [5.74, 6) is -0.140. The van der Waals surface area contributed by atoms with Gasteiger partial charge in [-0.3, -0.25) is 4.68 Å². The second-order valence-corrected chi connectivity index (χ2v) is 5.61. The maximum Gasteiger partial charge on any atom is 0.213 e. The lowest BCUT2D eigenvalue weighted by molar-refractivity contribution is 0.426. The third-order valence-corrected chi connectivity index (χ3v) is 3.40. The van der Waals surface area contributed by atoms with Gasteiger partial charge in [-0.25, -0.2) is 13.6 Å². The number of aryl methyl sites for hydroxylation is 1.